The Balaban J connectivity index is 2.95. The first kappa shape index (κ1) is 12.8. The highest BCUT2D eigenvalue weighted by Crippen LogP contribution is 2.23. The van der Waals surface area contributed by atoms with Crippen LogP contribution >= 0.6 is 23.2 Å². The molecular formula is C11H10Cl2N2O. The fraction of sp³-hybridized carbons (Fsp3) is 0.273. The van der Waals surface area contributed by atoms with Gasteiger partial charge in [0.1, 0.15) is 6.54 Å². The van der Waals surface area contributed by atoms with Gasteiger partial charge in [-0.1, -0.05) is 23.2 Å². The van der Waals surface area contributed by atoms with Crippen molar-refractivity contribution in [1.82, 2.24) is 4.90 Å². The maximum Gasteiger partial charge on any atom is 0.254 e. The molecule has 0 N–H and O–H groups in total. The lowest BCUT2D eigenvalue weighted by atomic mass is 10.2. The van der Waals surface area contributed by atoms with Gasteiger partial charge < -0.3 is 4.90 Å². The van der Waals surface area contributed by atoms with Gasteiger partial charge in [0, 0.05) is 12.1 Å². The Morgan fingerprint density at radius 3 is 2.62 bits per heavy atom. The Hall–Kier alpha value is -1.24. The molecule has 0 saturated carbocycles. The monoisotopic (exact) mass is 256 g/mol. The molecule has 0 heterocycles. The van der Waals surface area contributed by atoms with E-state index < -0.39 is 0 Å². The van der Waals surface area contributed by atoms with Crippen LogP contribution in [0, 0.1) is 11.3 Å². The number of carbonyl (C=O) groups excluding carboxylic acids is 1. The van der Waals surface area contributed by atoms with E-state index in [0.29, 0.717) is 22.2 Å². The number of hydrogen-bond acceptors (Lipinski definition) is 2. The highest BCUT2D eigenvalue weighted by Gasteiger charge is 2.14. The van der Waals surface area contributed by atoms with Gasteiger partial charge in [0.15, 0.2) is 0 Å². The fourth-order valence-electron chi connectivity index (χ4n) is 1.22. The molecule has 0 aliphatic rings. The minimum atomic E-state index is -0.220. The van der Waals surface area contributed by atoms with E-state index in [-0.39, 0.29) is 12.5 Å². The standard InChI is InChI=1S/C11H10Cl2N2O/c1-2-15(6-5-14)11(16)8-3-4-9(12)10(13)7-8/h3-4,7H,2,6H2,1H3. The number of halogens is 2. The normalized spacial score (nSPS) is 9.62. The van der Waals surface area contributed by atoms with Crippen molar-refractivity contribution in [1.29, 1.82) is 5.26 Å². The van der Waals surface area contributed by atoms with E-state index in [2.05, 4.69) is 0 Å². The molecule has 0 atom stereocenters. The zero-order valence-corrected chi connectivity index (χ0v) is 10.2. The van der Waals surface area contributed by atoms with Gasteiger partial charge in [-0.2, -0.15) is 5.26 Å². The summed E-state index contributed by atoms with van der Waals surface area (Å²) in [6.07, 6.45) is 0. The summed E-state index contributed by atoms with van der Waals surface area (Å²) >= 11 is 11.6. The molecule has 0 spiro atoms. The summed E-state index contributed by atoms with van der Waals surface area (Å²) < 4.78 is 0. The molecule has 0 aliphatic carbocycles. The van der Waals surface area contributed by atoms with Crippen LogP contribution in [-0.4, -0.2) is 23.9 Å². The first-order valence-electron chi connectivity index (χ1n) is 4.71. The summed E-state index contributed by atoms with van der Waals surface area (Å²) in [5.41, 5.74) is 0.437. The minimum absolute atomic E-state index is 0.0651. The van der Waals surface area contributed by atoms with Crippen molar-refractivity contribution in [2.24, 2.45) is 0 Å². The van der Waals surface area contributed by atoms with E-state index in [1.165, 1.54) is 11.0 Å². The zero-order chi connectivity index (χ0) is 12.1. The second-order valence-corrected chi connectivity index (χ2v) is 3.92. The van der Waals surface area contributed by atoms with Crippen molar-refractivity contribution >= 4 is 29.1 Å². The Bertz CT molecular complexity index is 440. The van der Waals surface area contributed by atoms with E-state index in [1.807, 2.05) is 13.0 Å². The Morgan fingerprint density at radius 2 is 2.12 bits per heavy atom. The Kier molecular flexibility index (Phi) is 4.60. The van der Waals surface area contributed by atoms with Crippen LogP contribution in [0.2, 0.25) is 10.0 Å². The van der Waals surface area contributed by atoms with Gasteiger partial charge in [-0.05, 0) is 25.1 Å². The molecule has 1 amide bonds. The van der Waals surface area contributed by atoms with Crippen LogP contribution in [0.3, 0.4) is 0 Å². The molecule has 1 aromatic rings. The second-order valence-electron chi connectivity index (χ2n) is 3.11. The van der Waals surface area contributed by atoms with Crippen molar-refractivity contribution in [2.75, 3.05) is 13.1 Å². The third-order valence-corrected chi connectivity index (χ3v) is 2.84. The molecule has 1 rings (SSSR count). The number of amides is 1. The molecule has 0 radical (unpaired) electrons. The maximum absolute atomic E-state index is 11.9. The van der Waals surface area contributed by atoms with Gasteiger partial charge in [0.05, 0.1) is 16.1 Å². The highest BCUT2D eigenvalue weighted by atomic mass is 35.5. The minimum Gasteiger partial charge on any atom is -0.326 e. The number of carbonyl (C=O) groups is 1. The van der Waals surface area contributed by atoms with Gasteiger partial charge in [-0.15, -0.1) is 0 Å². The molecule has 84 valence electrons. The number of nitriles is 1. The van der Waals surface area contributed by atoms with Crippen LogP contribution in [0.1, 0.15) is 17.3 Å². The van der Waals surface area contributed by atoms with Gasteiger partial charge in [-0.3, -0.25) is 4.79 Å². The highest BCUT2D eigenvalue weighted by molar-refractivity contribution is 6.42. The van der Waals surface area contributed by atoms with E-state index in [0.717, 1.165) is 0 Å². The molecule has 16 heavy (non-hydrogen) atoms. The first-order chi connectivity index (χ1) is 7.60. The third-order valence-electron chi connectivity index (χ3n) is 2.10. The lowest BCUT2D eigenvalue weighted by molar-refractivity contribution is 0.0784. The molecule has 1 aromatic carbocycles. The molecule has 0 aliphatic heterocycles. The predicted octanol–water partition coefficient (Wildman–Crippen LogP) is 2.98. The second kappa shape index (κ2) is 5.74. The summed E-state index contributed by atoms with van der Waals surface area (Å²) in [7, 11) is 0. The largest absolute Gasteiger partial charge is 0.326 e. The van der Waals surface area contributed by atoms with Crippen LogP contribution in [0.4, 0.5) is 0 Å². The summed E-state index contributed by atoms with van der Waals surface area (Å²) in [5.74, 6) is -0.220. The maximum atomic E-state index is 11.9. The van der Waals surface area contributed by atoms with E-state index >= 15 is 0 Å². The Labute approximate surface area is 104 Å². The fourth-order valence-corrected chi connectivity index (χ4v) is 1.52. The summed E-state index contributed by atoms with van der Waals surface area (Å²) in [5, 5.41) is 9.31. The molecule has 0 bridgehead atoms. The van der Waals surface area contributed by atoms with Crippen LogP contribution in [0.5, 0.6) is 0 Å². The molecule has 0 aromatic heterocycles. The lowest BCUT2D eigenvalue weighted by Crippen LogP contribution is -2.31. The summed E-state index contributed by atoms with van der Waals surface area (Å²) in [4.78, 5) is 13.3. The first-order valence-corrected chi connectivity index (χ1v) is 5.47. The lowest BCUT2D eigenvalue weighted by Gasteiger charge is -2.17. The van der Waals surface area contributed by atoms with Gasteiger partial charge in [0.2, 0.25) is 0 Å². The number of rotatable bonds is 3. The molecule has 3 nitrogen and oxygen atoms in total. The van der Waals surface area contributed by atoms with Crippen molar-refractivity contribution in [3.05, 3.63) is 33.8 Å². The quantitative estimate of drug-likeness (QED) is 0.781. The van der Waals surface area contributed by atoms with Crippen LogP contribution in [-0.2, 0) is 0 Å². The predicted molar refractivity (Wildman–Crippen MR) is 63.7 cm³/mol. The van der Waals surface area contributed by atoms with Crippen LogP contribution in [0.15, 0.2) is 18.2 Å². The molecule has 0 unspecified atom stereocenters. The Morgan fingerprint density at radius 1 is 1.44 bits per heavy atom. The average Bonchev–Trinajstić information content (AvgIpc) is 2.28. The SMILES string of the molecule is CCN(CC#N)C(=O)c1ccc(Cl)c(Cl)c1. The van der Waals surface area contributed by atoms with E-state index in [1.54, 1.807) is 12.1 Å². The summed E-state index contributed by atoms with van der Waals surface area (Å²) in [6.45, 7) is 2.36. The topological polar surface area (TPSA) is 44.1 Å². The summed E-state index contributed by atoms with van der Waals surface area (Å²) in [6, 6.07) is 6.61. The van der Waals surface area contributed by atoms with E-state index in [9.17, 15) is 4.79 Å². The third kappa shape index (κ3) is 2.88. The molecule has 5 heteroatoms. The van der Waals surface area contributed by atoms with Gasteiger partial charge in [0.25, 0.3) is 5.91 Å². The molecular weight excluding hydrogens is 247 g/mol. The van der Waals surface area contributed by atoms with Gasteiger partial charge >= 0.3 is 0 Å². The smallest absolute Gasteiger partial charge is 0.254 e. The van der Waals surface area contributed by atoms with Crippen molar-refractivity contribution in [3.63, 3.8) is 0 Å². The average molecular weight is 257 g/mol. The number of nitrogens with zero attached hydrogens (tertiary/aromatic N) is 2. The number of benzene rings is 1. The number of hydrogen-bond donors (Lipinski definition) is 0. The molecule has 0 saturated heterocycles. The van der Waals surface area contributed by atoms with Crippen molar-refractivity contribution in [3.8, 4) is 6.07 Å². The van der Waals surface area contributed by atoms with Gasteiger partial charge in [-0.25, -0.2) is 0 Å². The van der Waals surface area contributed by atoms with E-state index in [4.69, 9.17) is 28.5 Å². The van der Waals surface area contributed by atoms with Crippen molar-refractivity contribution < 1.29 is 4.79 Å². The van der Waals surface area contributed by atoms with Crippen LogP contribution < -0.4 is 0 Å². The molecule has 0 fully saturated rings. The van der Waals surface area contributed by atoms with Crippen LogP contribution in [0.25, 0.3) is 0 Å². The van der Waals surface area contributed by atoms with Crippen molar-refractivity contribution in [2.45, 2.75) is 6.92 Å². The zero-order valence-electron chi connectivity index (χ0n) is 8.70.